The molecule has 0 saturated carbocycles. The van der Waals surface area contributed by atoms with Gasteiger partial charge in [-0.25, -0.2) is 4.79 Å². The number of benzene rings is 1. The van der Waals surface area contributed by atoms with Crippen molar-refractivity contribution < 1.29 is 1.37 Å². The molecule has 1 heterocycles. The molecule has 0 aliphatic rings. The van der Waals surface area contributed by atoms with Crippen molar-refractivity contribution in [1.29, 1.82) is 0 Å². The monoisotopic (exact) mass is 256 g/mol. The van der Waals surface area contributed by atoms with E-state index in [9.17, 15) is 4.79 Å². The minimum atomic E-state index is -0.374. The molecule has 1 aromatic heterocycles. The first kappa shape index (κ1) is 7.93. The van der Waals surface area contributed by atoms with Crippen LogP contribution in [0.3, 0.4) is 0 Å². The third kappa shape index (κ3) is 1.48. The summed E-state index contributed by atoms with van der Waals surface area (Å²) in [5, 5.41) is 7.25. The maximum Gasteiger partial charge on any atom is 0.368 e. The number of rotatable bonds is 1. The van der Waals surface area contributed by atoms with Crippen molar-refractivity contribution >= 4 is 15.9 Å². The van der Waals surface area contributed by atoms with Crippen LogP contribution in [0, 0.1) is 0 Å². The topological polar surface area (TPSA) is 52.7 Å². The first-order chi connectivity index (χ1) is 7.11. The van der Waals surface area contributed by atoms with E-state index in [0.717, 1.165) is 9.36 Å². The Labute approximate surface area is 89.5 Å². The van der Waals surface area contributed by atoms with E-state index in [1.807, 2.05) is 0 Å². The Morgan fingerprint density at radius 2 is 2.29 bits per heavy atom. The average Bonchev–Trinajstić information content (AvgIpc) is 2.53. The largest absolute Gasteiger partial charge is 0.368 e. The van der Waals surface area contributed by atoms with Gasteiger partial charge in [0.25, 0.3) is 0 Å². The van der Waals surface area contributed by atoms with E-state index in [1.165, 1.54) is 7.05 Å². The van der Waals surface area contributed by atoms with Crippen molar-refractivity contribution in [2.45, 2.75) is 0 Å². The summed E-state index contributed by atoms with van der Waals surface area (Å²) in [6.07, 6.45) is 0. The second-order valence-corrected chi connectivity index (χ2v) is 3.54. The van der Waals surface area contributed by atoms with E-state index in [2.05, 4.69) is 26.4 Å². The molecule has 6 heteroatoms. The van der Waals surface area contributed by atoms with Gasteiger partial charge < -0.3 is 0 Å². The predicted molar refractivity (Wildman–Crippen MR) is 54.3 cm³/mol. The lowest BCUT2D eigenvalue weighted by atomic mass is 10.3. The van der Waals surface area contributed by atoms with Crippen molar-refractivity contribution in [3.8, 4) is 5.69 Å². The molecular formula is C8H7BrN4O. The maximum atomic E-state index is 11.5. The van der Waals surface area contributed by atoms with Crippen LogP contribution in [0.2, 0.25) is 0 Å². The van der Waals surface area contributed by atoms with Crippen molar-refractivity contribution in [3.05, 3.63) is 39.2 Å². The van der Waals surface area contributed by atoms with Crippen molar-refractivity contribution in [1.82, 2.24) is 19.8 Å². The van der Waals surface area contributed by atoms with Crippen LogP contribution < -0.4 is 5.69 Å². The highest BCUT2D eigenvalue weighted by atomic mass is 79.9. The van der Waals surface area contributed by atoms with E-state index in [1.54, 1.807) is 18.2 Å². The molecule has 5 nitrogen and oxygen atoms in total. The van der Waals surface area contributed by atoms with Crippen LogP contribution in [-0.2, 0) is 7.05 Å². The summed E-state index contributed by atoms with van der Waals surface area (Å²) in [5.41, 5.74) is 0.0316. The molecule has 0 aliphatic heterocycles. The normalized spacial score (nSPS) is 11.4. The van der Waals surface area contributed by atoms with E-state index in [0.29, 0.717) is 10.2 Å². The molecule has 0 N–H and O–H groups in total. The van der Waals surface area contributed by atoms with Crippen LogP contribution in [0.1, 0.15) is 1.37 Å². The molecule has 0 fully saturated rings. The lowest BCUT2D eigenvalue weighted by Crippen LogP contribution is -2.21. The predicted octanol–water partition coefficient (Wildman–Crippen LogP) is 0.728. The summed E-state index contributed by atoms with van der Waals surface area (Å²) in [7, 11) is 1.51. The minimum absolute atomic E-state index is 0.208. The van der Waals surface area contributed by atoms with Gasteiger partial charge in [0.05, 0.1) is 7.06 Å². The van der Waals surface area contributed by atoms with Crippen molar-refractivity contribution in [2.75, 3.05) is 0 Å². The van der Waals surface area contributed by atoms with Gasteiger partial charge in [-0.2, -0.15) is 9.36 Å². The molecule has 0 amide bonds. The summed E-state index contributed by atoms with van der Waals surface area (Å²) < 4.78 is 10.6. The van der Waals surface area contributed by atoms with Gasteiger partial charge in [0.15, 0.2) is 0 Å². The minimum Gasteiger partial charge on any atom is -0.244 e. The third-order valence-electron chi connectivity index (χ3n) is 1.69. The maximum absolute atomic E-state index is 11.5. The number of tetrazole rings is 1. The Morgan fingerprint density at radius 1 is 1.50 bits per heavy atom. The summed E-state index contributed by atoms with van der Waals surface area (Å²) in [6, 6.07) is 5.31. The Kier molecular flexibility index (Phi) is 1.91. The molecule has 14 heavy (non-hydrogen) atoms. The summed E-state index contributed by atoms with van der Waals surface area (Å²) in [6.45, 7) is 0. The number of hydrogen-bond acceptors (Lipinski definition) is 3. The zero-order valence-corrected chi connectivity index (χ0v) is 8.89. The van der Waals surface area contributed by atoms with Crippen LogP contribution in [0.5, 0.6) is 0 Å². The number of aromatic nitrogens is 4. The Morgan fingerprint density at radius 3 is 2.93 bits per heavy atom. The van der Waals surface area contributed by atoms with Gasteiger partial charge in [-0.3, -0.25) is 0 Å². The SMILES string of the molecule is [3H]c1c(Br)cccc1-n1nnn(C)c1=O. The van der Waals surface area contributed by atoms with E-state index < -0.39 is 0 Å². The second kappa shape index (κ2) is 3.38. The highest BCUT2D eigenvalue weighted by Gasteiger charge is 2.05. The lowest BCUT2D eigenvalue weighted by molar-refractivity contribution is 0.693. The molecule has 72 valence electrons. The molecule has 0 spiro atoms. The standard InChI is InChI=1S/C8H7BrN4O/c1-12-8(14)13(11-10-12)7-4-2-3-6(9)5-7/h2-5H,1H3/i5T. The highest BCUT2D eigenvalue weighted by Crippen LogP contribution is 2.12. The Balaban J connectivity index is 2.70. The highest BCUT2D eigenvalue weighted by molar-refractivity contribution is 9.10. The van der Waals surface area contributed by atoms with Gasteiger partial charge in [-0.1, -0.05) is 22.0 Å². The first-order valence-corrected chi connectivity index (χ1v) is 4.65. The molecular weight excluding hydrogens is 248 g/mol. The Bertz CT molecular complexity index is 562. The van der Waals surface area contributed by atoms with Gasteiger partial charge in [0, 0.05) is 11.5 Å². The Hall–Kier alpha value is -1.43. The number of halogens is 1. The third-order valence-corrected chi connectivity index (χ3v) is 2.16. The summed E-state index contributed by atoms with van der Waals surface area (Å²) in [4.78, 5) is 11.5. The quantitative estimate of drug-likeness (QED) is 0.756. The van der Waals surface area contributed by atoms with Crippen LogP contribution in [-0.4, -0.2) is 19.8 Å². The fraction of sp³-hybridized carbons (Fsp3) is 0.125. The summed E-state index contributed by atoms with van der Waals surface area (Å²) in [5.74, 6) is 0. The van der Waals surface area contributed by atoms with Crippen molar-refractivity contribution in [3.63, 3.8) is 0 Å². The van der Waals surface area contributed by atoms with E-state index in [-0.39, 0.29) is 11.7 Å². The zero-order chi connectivity index (χ0) is 11.0. The number of hydrogen-bond donors (Lipinski definition) is 0. The zero-order valence-electron chi connectivity index (χ0n) is 8.31. The summed E-state index contributed by atoms with van der Waals surface area (Å²) >= 11 is 3.22. The fourth-order valence-electron chi connectivity index (χ4n) is 1.02. The van der Waals surface area contributed by atoms with Crippen LogP contribution in [0.4, 0.5) is 0 Å². The van der Waals surface area contributed by atoms with E-state index >= 15 is 0 Å². The molecule has 1 aromatic carbocycles. The van der Waals surface area contributed by atoms with Gasteiger partial charge in [0.2, 0.25) is 0 Å². The molecule has 2 aromatic rings. The number of nitrogens with zero attached hydrogens (tertiary/aromatic N) is 4. The molecule has 0 atom stereocenters. The first-order valence-electron chi connectivity index (χ1n) is 4.36. The van der Waals surface area contributed by atoms with Crippen LogP contribution in [0.25, 0.3) is 5.69 Å². The van der Waals surface area contributed by atoms with Crippen LogP contribution in [0.15, 0.2) is 33.5 Å². The fourth-order valence-corrected chi connectivity index (χ4v) is 1.37. The average molecular weight is 257 g/mol. The van der Waals surface area contributed by atoms with Gasteiger partial charge >= 0.3 is 5.69 Å². The van der Waals surface area contributed by atoms with Gasteiger partial charge in [-0.05, 0) is 28.6 Å². The van der Waals surface area contributed by atoms with Gasteiger partial charge in [0.1, 0.15) is 0 Å². The van der Waals surface area contributed by atoms with Gasteiger partial charge in [-0.15, -0.1) is 0 Å². The van der Waals surface area contributed by atoms with E-state index in [4.69, 9.17) is 1.37 Å². The molecule has 0 unspecified atom stereocenters. The molecule has 0 saturated heterocycles. The van der Waals surface area contributed by atoms with Crippen LogP contribution >= 0.6 is 15.9 Å². The number of aryl methyl sites for hydroxylation is 1. The van der Waals surface area contributed by atoms with Crippen molar-refractivity contribution in [2.24, 2.45) is 7.05 Å². The lowest BCUT2D eigenvalue weighted by Gasteiger charge is -1.97. The molecule has 0 bridgehead atoms. The molecule has 2 rings (SSSR count). The molecule has 0 aliphatic carbocycles. The second-order valence-electron chi connectivity index (χ2n) is 2.68. The smallest absolute Gasteiger partial charge is 0.244 e. The molecule has 0 radical (unpaired) electrons.